The molecule has 0 N–H and O–H groups in total. The van der Waals surface area contributed by atoms with Crippen LogP contribution < -0.4 is 0 Å². The molecule has 7 heteroatoms. The molecular weight excluding hydrogens is 380 g/mol. The van der Waals surface area contributed by atoms with Crippen LogP contribution in [0.4, 0.5) is 0 Å². The van der Waals surface area contributed by atoms with E-state index in [9.17, 15) is 4.79 Å². The molecule has 0 aliphatic rings. The van der Waals surface area contributed by atoms with Crippen molar-refractivity contribution in [2.24, 2.45) is 0 Å². The van der Waals surface area contributed by atoms with E-state index < -0.39 is 0 Å². The van der Waals surface area contributed by atoms with Crippen LogP contribution in [0.3, 0.4) is 0 Å². The number of nitrogens with zero attached hydrogens (tertiary/aromatic N) is 4. The smallest absolute Gasteiger partial charge is 0.217 e. The second-order valence-electron chi connectivity index (χ2n) is 5.01. The number of carbonyl (C=O) groups excluding carboxylic acids is 1. The van der Waals surface area contributed by atoms with Crippen LogP contribution in [0.5, 0.6) is 0 Å². The zero-order valence-corrected chi connectivity index (χ0v) is 14.5. The maximum atomic E-state index is 12.5. The molecule has 0 bridgehead atoms. The molecule has 0 aliphatic heterocycles. The molecule has 0 fully saturated rings. The quantitative estimate of drug-likeness (QED) is 0.503. The highest BCUT2D eigenvalue weighted by atomic mass is 79.9. The van der Waals surface area contributed by atoms with Crippen molar-refractivity contribution in [3.8, 4) is 0 Å². The van der Waals surface area contributed by atoms with Crippen LogP contribution in [0.1, 0.15) is 27.3 Å². The number of halogens is 2. The molecule has 0 saturated carbocycles. The molecule has 0 atom stereocenters. The predicted molar refractivity (Wildman–Crippen MR) is 90.7 cm³/mol. The minimum Gasteiger partial charge on any atom is -0.287 e. The molecule has 0 amide bonds. The van der Waals surface area contributed by atoms with Crippen molar-refractivity contribution in [1.82, 2.24) is 19.7 Å². The van der Waals surface area contributed by atoms with Gasteiger partial charge in [-0.25, -0.2) is 9.97 Å². The number of carbonyl (C=O) groups is 1. The minimum atomic E-state index is -0.285. The molecule has 1 aromatic carbocycles. The van der Waals surface area contributed by atoms with E-state index in [1.165, 1.54) is 12.5 Å². The Bertz CT molecular complexity index is 878. The van der Waals surface area contributed by atoms with Crippen LogP contribution in [-0.4, -0.2) is 25.5 Å². The minimum absolute atomic E-state index is 0.129. The molecule has 2 heterocycles. The number of hydrogen-bond acceptors (Lipinski definition) is 4. The Morgan fingerprint density at radius 1 is 1.35 bits per heavy atom. The first-order valence-electron chi connectivity index (χ1n) is 6.83. The van der Waals surface area contributed by atoms with Gasteiger partial charge in [-0.2, -0.15) is 5.10 Å². The number of aryl methyl sites for hydroxylation is 1. The highest BCUT2D eigenvalue weighted by Gasteiger charge is 2.18. The highest BCUT2D eigenvalue weighted by molar-refractivity contribution is 9.10. The van der Waals surface area contributed by atoms with Crippen LogP contribution in [0.15, 0.2) is 47.3 Å². The molecule has 0 aliphatic carbocycles. The maximum absolute atomic E-state index is 12.5. The number of ketones is 1. The predicted octanol–water partition coefficient (Wildman–Crippen LogP) is 3.68. The Kier molecular flexibility index (Phi) is 4.54. The maximum Gasteiger partial charge on any atom is 0.217 e. The van der Waals surface area contributed by atoms with Gasteiger partial charge in [0.2, 0.25) is 5.78 Å². The largest absolute Gasteiger partial charge is 0.287 e. The summed E-state index contributed by atoms with van der Waals surface area (Å²) in [5.41, 5.74) is 2.56. The molecule has 3 aromatic rings. The topological polar surface area (TPSA) is 60.7 Å². The van der Waals surface area contributed by atoms with Gasteiger partial charge in [0.1, 0.15) is 17.2 Å². The molecule has 116 valence electrons. The first kappa shape index (κ1) is 15.8. The summed E-state index contributed by atoms with van der Waals surface area (Å²) in [6, 6.07) is 9.70. The number of benzene rings is 1. The average molecular weight is 392 g/mol. The van der Waals surface area contributed by atoms with Crippen molar-refractivity contribution in [1.29, 1.82) is 0 Å². The number of rotatable bonds is 4. The lowest BCUT2D eigenvalue weighted by Gasteiger charge is -2.05. The highest BCUT2D eigenvalue weighted by Crippen LogP contribution is 2.17. The zero-order valence-electron chi connectivity index (χ0n) is 12.2. The van der Waals surface area contributed by atoms with Crippen molar-refractivity contribution in [3.63, 3.8) is 0 Å². The zero-order chi connectivity index (χ0) is 16.4. The molecule has 0 spiro atoms. The van der Waals surface area contributed by atoms with Crippen molar-refractivity contribution < 1.29 is 4.79 Å². The molecule has 0 saturated heterocycles. The van der Waals surface area contributed by atoms with E-state index in [0.29, 0.717) is 12.2 Å². The molecule has 0 radical (unpaired) electrons. The third kappa shape index (κ3) is 3.48. The van der Waals surface area contributed by atoms with E-state index in [1.807, 2.05) is 31.2 Å². The average Bonchev–Trinajstić information content (AvgIpc) is 2.88. The first-order valence-corrected chi connectivity index (χ1v) is 8.01. The van der Waals surface area contributed by atoms with E-state index in [-0.39, 0.29) is 16.5 Å². The summed E-state index contributed by atoms with van der Waals surface area (Å²) in [7, 11) is 0. The molecule has 0 unspecified atom stereocenters. The van der Waals surface area contributed by atoms with E-state index in [4.69, 9.17) is 11.6 Å². The molecule has 5 nitrogen and oxygen atoms in total. The Hall–Kier alpha value is -2.05. The summed E-state index contributed by atoms with van der Waals surface area (Å²) in [4.78, 5) is 20.2. The third-order valence-electron chi connectivity index (χ3n) is 3.34. The van der Waals surface area contributed by atoms with Crippen LogP contribution in [0.25, 0.3) is 0 Å². The summed E-state index contributed by atoms with van der Waals surface area (Å²) in [5.74, 6) is -0.285. The summed E-state index contributed by atoms with van der Waals surface area (Å²) >= 11 is 9.40. The van der Waals surface area contributed by atoms with Crippen LogP contribution in [0.2, 0.25) is 5.15 Å². The number of aromatic nitrogens is 4. The second-order valence-corrected chi connectivity index (χ2v) is 6.29. The van der Waals surface area contributed by atoms with Gasteiger partial charge in [-0.3, -0.25) is 9.48 Å². The SMILES string of the molecule is Cc1cc(C(=O)c2cncnc2Cl)nn1Cc1cccc(Br)c1. The van der Waals surface area contributed by atoms with E-state index in [2.05, 4.69) is 31.0 Å². The van der Waals surface area contributed by atoms with E-state index >= 15 is 0 Å². The summed E-state index contributed by atoms with van der Waals surface area (Å²) in [6.07, 6.45) is 2.70. The lowest BCUT2D eigenvalue weighted by molar-refractivity contribution is 0.103. The van der Waals surface area contributed by atoms with Crippen molar-refractivity contribution in [2.45, 2.75) is 13.5 Å². The van der Waals surface area contributed by atoms with Gasteiger partial charge >= 0.3 is 0 Å². The second kappa shape index (κ2) is 6.60. The van der Waals surface area contributed by atoms with Crippen molar-refractivity contribution in [3.05, 3.63) is 75.0 Å². The van der Waals surface area contributed by atoms with Gasteiger partial charge in [0.15, 0.2) is 0 Å². The molecule has 3 rings (SSSR count). The fraction of sp³-hybridized carbons (Fsp3) is 0.125. The molecule has 23 heavy (non-hydrogen) atoms. The Morgan fingerprint density at radius 2 is 2.17 bits per heavy atom. The van der Waals surface area contributed by atoms with E-state index in [1.54, 1.807) is 10.7 Å². The van der Waals surface area contributed by atoms with Crippen LogP contribution in [-0.2, 0) is 6.54 Å². The molecular formula is C16H12BrClN4O. The normalized spacial score (nSPS) is 10.7. The van der Waals surface area contributed by atoms with E-state index in [0.717, 1.165) is 15.7 Å². The lowest BCUT2D eigenvalue weighted by atomic mass is 10.1. The lowest BCUT2D eigenvalue weighted by Crippen LogP contribution is -2.08. The summed E-state index contributed by atoms with van der Waals surface area (Å²) in [6.45, 7) is 2.49. The Labute approximate surface area is 146 Å². The first-order chi connectivity index (χ1) is 11.0. The van der Waals surface area contributed by atoms with Gasteiger partial charge in [-0.1, -0.05) is 39.7 Å². The van der Waals surface area contributed by atoms with Crippen molar-refractivity contribution >= 4 is 33.3 Å². The summed E-state index contributed by atoms with van der Waals surface area (Å²) < 4.78 is 2.79. The fourth-order valence-corrected chi connectivity index (χ4v) is 2.82. The standard InChI is InChI=1S/C16H12BrClN4O/c1-10-5-14(15(23)13-7-19-9-20-16(13)18)21-22(10)8-11-3-2-4-12(17)6-11/h2-7,9H,8H2,1H3. The Balaban J connectivity index is 1.89. The van der Waals surface area contributed by atoms with Crippen LogP contribution in [0, 0.1) is 6.92 Å². The molecule has 2 aromatic heterocycles. The fourth-order valence-electron chi connectivity index (χ4n) is 2.19. The third-order valence-corrected chi connectivity index (χ3v) is 4.14. The Morgan fingerprint density at radius 3 is 2.91 bits per heavy atom. The monoisotopic (exact) mass is 390 g/mol. The van der Waals surface area contributed by atoms with Gasteiger partial charge in [0.25, 0.3) is 0 Å². The van der Waals surface area contributed by atoms with Gasteiger partial charge in [0.05, 0.1) is 12.1 Å². The number of hydrogen-bond donors (Lipinski definition) is 0. The van der Waals surface area contributed by atoms with Gasteiger partial charge < -0.3 is 0 Å². The summed E-state index contributed by atoms with van der Waals surface area (Å²) in [5, 5.41) is 4.52. The van der Waals surface area contributed by atoms with Gasteiger partial charge in [0, 0.05) is 16.4 Å². The van der Waals surface area contributed by atoms with Gasteiger partial charge in [-0.05, 0) is 30.7 Å². The van der Waals surface area contributed by atoms with Crippen LogP contribution >= 0.6 is 27.5 Å². The van der Waals surface area contributed by atoms with Gasteiger partial charge in [-0.15, -0.1) is 0 Å². The van der Waals surface area contributed by atoms with Crippen molar-refractivity contribution in [2.75, 3.05) is 0 Å².